The summed E-state index contributed by atoms with van der Waals surface area (Å²) in [7, 11) is 1.67. The number of carbonyl (C=O) groups is 1. The molecular weight excluding hydrogens is 324 g/mol. The maximum absolute atomic E-state index is 12.7. The first-order valence-electron chi connectivity index (χ1n) is 9.05. The number of hydrogen-bond acceptors (Lipinski definition) is 3. The zero-order valence-corrected chi connectivity index (χ0v) is 15.3. The van der Waals surface area contributed by atoms with E-state index in [0.29, 0.717) is 0 Å². The minimum absolute atomic E-state index is 0.0799. The molecule has 2 aromatic rings. The van der Waals surface area contributed by atoms with Gasteiger partial charge in [-0.25, -0.2) is 0 Å². The number of carbonyl (C=O) groups excluding carboxylic acids is 1. The van der Waals surface area contributed by atoms with Gasteiger partial charge in [0.15, 0.2) is 0 Å². The van der Waals surface area contributed by atoms with E-state index in [-0.39, 0.29) is 18.0 Å². The summed E-state index contributed by atoms with van der Waals surface area (Å²) >= 11 is 0. The molecule has 1 aliphatic heterocycles. The Balaban J connectivity index is 2.14. The number of ether oxygens (including phenoxy) is 1. The Hall–Kier alpha value is -2.80. The number of amides is 1. The molecule has 2 atom stereocenters. The first kappa shape index (κ1) is 18.0. The summed E-state index contributed by atoms with van der Waals surface area (Å²) in [6, 6.07) is 9.87. The summed E-state index contributed by atoms with van der Waals surface area (Å²) in [6.45, 7) is 2.16. The van der Waals surface area contributed by atoms with Gasteiger partial charge in [0.25, 0.3) is 5.91 Å². The average molecular weight is 348 g/mol. The number of hydrogen-bond donors (Lipinski definition) is 0. The van der Waals surface area contributed by atoms with Crippen molar-refractivity contribution in [2.75, 3.05) is 7.11 Å². The molecule has 4 nitrogen and oxygen atoms in total. The van der Waals surface area contributed by atoms with Gasteiger partial charge in [0.2, 0.25) is 0 Å². The molecule has 0 N–H and O–H groups in total. The number of rotatable bonds is 5. The quantitative estimate of drug-likeness (QED) is 0.773. The highest BCUT2D eigenvalue weighted by molar-refractivity contribution is 5.94. The lowest BCUT2D eigenvalue weighted by Crippen LogP contribution is -2.47. The monoisotopic (exact) mass is 348 g/mol. The molecule has 1 aromatic heterocycles. The average Bonchev–Trinajstić information content (AvgIpc) is 2.70. The second-order valence-corrected chi connectivity index (χ2v) is 6.60. The van der Waals surface area contributed by atoms with Crippen LogP contribution in [0.2, 0.25) is 0 Å². The van der Waals surface area contributed by atoms with Crippen LogP contribution in [-0.2, 0) is 11.2 Å². The van der Waals surface area contributed by atoms with Crippen LogP contribution < -0.4 is 4.74 Å². The fourth-order valence-electron chi connectivity index (χ4n) is 3.79. The van der Waals surface area contributed by atoms with Crippen molar-refractivity contribution in [1.82, 2.24) is 9.88 Å². The van der Waals surface area contributed by atoms with Gasteiger partial charge in [-0.3, -0.25) is 9.78 Å². The SMILES string of the molecule is C#CC(=O)N1[C@@H](CCCC)Cc2cc(OC)ccc2[C@@H]1c1ccncc1. The molecule has 0 spiro atoms. The summed E-state index contributed by atoms with van der Waals surface area (Å²) < 4.78 is 5.41. The van der Waals surface area contributed by atoms with Crippen molar-refractivity contribution in [3.05, 3.63) is 59.4 Å². The molecular formula is C22H24N2O2. The van der Waals surface area contributed by atoms with Crippen molar-refractivity contribution in [1.29, 1.82) is 0 Å². The summed E-state index contributed by atoms with van der Waals surface area (Å²) in [5.41, 5.74) is 3.35. The minimum Gasteiger partial charge on any atom is -0.497 e. The van der Waals surface area contributed by atoms with E-state index in [1.54, 1.807) is 19.5 Å². The smallest absolute Gasteiger partial charge is 0.299 e. The van der Waals surface area contributed by atoms with E-state index in [0.717, 1.165) is 42.6 Å². The van der Waals surface area contributed by atoms with E-state index in [4.69, 9.17) is 11.2 Å². The fraction of sp³-hybridized carbons (Fsp3) is 0.364. The van der Waals surface area contributed by atoms with Crippen molar-refractivity contribution in [3.8, 4) is 18.1 Å². The van der Waals surface area contributed by atoms with E-state index in [2.05, 4.69) is 23.9 Å². The van der Waals surface area contributed by atoms with Crippen LogP contribution in [-0.4, -0.2) is 28.9 Å². The third kappa shape index (κ3) is 3.43. The lowest BCUT2D eigenvalue weighted by atomic mass is 9.83. The largest absolute Gasteiger partial charge is 0.497 e. The van der Waals surface area contributed by atoms with Crippen molar-refractivity contribution >= 4 is 5.91 Å². The maximum Gasteiger partial charge on any atom is 0.299 e. The molecule has 0 aliphatic carbocycles. The Morgan fingerprint density at radius 3 is 2.77 bits per heavy atom. The lowest BCUT2D eigenvalue weighted by Gasteiger charge is -2.43. The number of pyridine rings is 1. The molecule has 0 saturated heterocycles. The highest BCUT2D eigenvalue weighted by Gasteiger charge is 2.37. The molecule has 0 saturated carbocycles. The molecule has 3 rings (SSSR count). The van der Waals surface area contributed by atoms with Crippen LogP contribution in [0.3, 0.4) is 0 Å². The number of methoxy groups -OCH3 is 1. The van der Waals surface area contributed by atoms with E-state index < -0.39 is 0 Å². The van der Waals surface area contributed by atoms with Crippen molar-refractivity contribution in [3.63, 3.8) is 0 Å². The van der Waals surface area contributed by atoms with Crippen LogP contribution in [0.5, 0.6) is 5.75 Å². The number of unbranched alkanes of at least 4 members (excludes halogenated alkanes) is 1. The van der Waals surface area contributed by atoms with Crippen LogP contribution in [0.15, 0.2) is 42.7 Å². The first-order valence-corrected chi connectivity index (χ1v) is 9.05. The number of nitrogens with zero attached hydrogens (tertiary/aromatic N) is 2. The molecule has 1 aromatic carbocycles. The minimum atomic E-state index is -0.255. The molecule has 2 heterocycles. The van der Waals surface area contributed by atoms with Crippen LogP contribution in [0.25, 0.3) is 0 Å². The second-order valence-electron chi connectivity index (χ2n) is 6.60. The van der Waals surface area contributed by atoms with Crippen LogP contribution in [0.4, 0.5) is 0 Å². The van der Waals surface area contributed by atoms with Gasteiger partial charge in [-0.15, -0.1) is 6.42 Å². The summed E-state index contributed by atoms with van der Waals surface area (Å²) in [5.74, 6) is 2.92. The Morgan fingerprint density at radius 2 is 2.12 bits per heavy atom. The number of fused-ring (bicyclic) bond motifs is 1. The molecule has 134 valence electrons. The Morgan fingerprint density at radius 1 is 1.35 bits per heavy atom. The van der Waals surface area contributed by atoms with Crippen LogP contribution in [0.1, 0.15) is 48.9 Å². The van der Waals surface area contributed by atoms with E-state index >= 15 is 0 Å². The third-order valence-electron chi connectivity index (χ3n) is 5.04. The first-order chi connectivity index (χ1) is 12.7. The summed E-state index contributed by atoms with van der Waals surface area (Å²) in [6.07, 6.45) is 12.9. The summed E-state index contributed by atoms with van der Waals surface area (Å²) in [5, 5.41) is 0. The predicted octanol–water partition coefficient (Wildman–Crippen LogP) is 3.76. The molecule has 0 bridgehead atoms. The van der Waals surface area contributed by atoms with Gasteiger partial charge in [0.1, 0.15) is 5.75 Å². The zero-order valence-electron chi connectivity index (χ0n) is 15.3. The Kier molecular flexibility index (Phi) is 5.58. The highest BCUT2D eigenvalue weighted by Crippen LogP contribution is 2.40. The van der Waals surface area contributed by atoms with Gasteiger partial charge in [0.05, 0.1) is 13.2 Å². The van der Waals surface area contributed by atoms with E-state index in [1.807, 2.05) is 29.2 Å². The van der Waals surface area contributed by atoms with Gasteiger partial charge in [0, 0.05) is 18.4 Å². The van der Waals surface area contributed by atoms with Crippen molar-refractivity contribution < 1.29 is 9.53 Å². The van der Waals surface area contributed by atoms with Crippen molar-refractivity contribution in [2.24, 2.45) is 0 Å². The lowest BCUT2D eigenvalue weighted by molar-refractivity contribution is -0.130. The topological polar surface area (TPSA) is 42.4 Å². The van der Waals surface area contributed by atoms with Crippen LogP contribution in [0, 0.1) is 12.3 Å². The van der Waals surface area contributed by atoms with Gasteiger partial charge < -0.3 is 9.64 Å². The molecule has 0 radical (unpaired) electrons. The molecule has 26 heavy (non-hydrogen) atoms. The van der Waals surface area contributed by atoms with Gasteiger partial charge in [-0.2, -0.15) is 0 Å². The zero-order chi connectivity index (χ0) is 18.5. The third-order valence-corrected chi connectivity index (χ3v) is 5.04. The molecule has 1 amide bonds. The van der Waals surface area contributed by atoms with Gasteiger partial charge in [-0.05, 0) is 59.7 Å². The predicted molar refractivity (Wildman–Crippen MR) is 102 cm³/mol. The normalized spacial score (nSPS) is 18.7. The Bertz CT molecular complexity index is 811. The van der Waals surface area contributed by atoms with Gasteiger partial charge >= 0.3 is 0 Å². The molecule has 0 unspecified atom stereocenters. The second kappa shape index (κ2) is 8.05. The standard InChI is InChI=1S/C22H24N2O2/c1-4-6-7-18-14-17-15-19(26-3)8-9-20(17)22(24(18)21(25)5-2)16-10-12-23-13-11-16/h2,8-13,15,18,22H,4,6-7,14H2,1,3H3/t18-,22-/m0/s1. The Labute approximate surface area is 155 Å². The molecule has 0 fully saturated rings. The van der Waals surface area contributed by atoms with Gasteiger partial charge in [-0.1, -0.05) is 25.8 Å². The molecule has 1 aliphatic rings. The highest BCUT2D eigenvalue weighted by atomic mass is 16.5. The fourth-order valence-corrected chi connectivity index (χ4v) is 3.79. The maximum atomic E-state index is 12.7. The van der Waals surface area contributed by atoms with E-state index in [9.17, 15) is 4.79 Å². The van der Waals surface area contributed by atoms with Crippen molar-refractivity contribution in [2.45, 2.75) is 44.7 Å². The van der Waals surface area contributed by atoms with Crippen LogP contribution >= 0.6 is 0 Å². The number of benzene rings is 1. The van der Waals surface area contributed by atoms with E-state index in [1.165, 1.54) is 5.56 Å². The number of terminal acetylenes is 1. The number of aromatic nitrogens is 1. The summed E-state index contributed by atoms with van der Waals surface area (Å²) in [4.78, 5) is 18.7. The molecule has 4 heteroatoms.